The number of aromatic hydroxyl groups is 1. The van der Waals surface area contributed by atoms with Gasteiger partial charge in [0.1, 0.15) is 21.1 Å². The van der Waals surface area contributed by atoms with Crippen LogP contribution in [0.1, 0.15) is 12.8 Å². The molecule has 0 aliphatic carbocycles. The van der Waals surface area contributed by atoms with Gasteiger partial charge in [-0.25, -0.2) is 13.2 Å². The standard InChI is InChI=1S/C13H16N2O4S/c16-11-3-1-2-10-12(11)14-13(17)15(10)8-9-4-6-20(18,19)7-5-9/h1-3,9,16H,4-8H2,(H,14,17). The highest BCUT2D eigenvalue weighted by Gasteiger charge is 2.24. The number of rotatable bonds is 2. The Balaban J connectivity index is 1.90. The number of hydrogen-bond donors (Lipinski definition) is 2. The number of nitrogens with zero attached hydrogens (tertiary/aromatic N) is 1. The molecule has 6 nitrogen and oxygen atoms in total. The average Bonchev–Trinajstić information content (AvgIpc) is 2.71. The van der Waals surface area contributed by atoms with E-state index in [2.05, 4.69) is 4.98 Å². The highest BCUT2D eigenvalue weighted by Crippen LogP contribution is 2.24. The van der Waals surface area contributed by atoms with Crippen LogP contribution in [0.2, 0.25) is 0 Å². The molecule has 1 aromatic heterocycles. The van der Waals surface area contributed by atoms with Crippen LogP contribution in [0, 0.1) is 5.92 Å². The monoisotopic (exact) mass is 296 g/mol. The van der Waals surface area contributed by atoms with Crippen molar-refractivity contribution in [2.24, 2.45) is 5.92 Å². The number of fused-ring (bicyclic) bond motifs is 1. The highest BCUT2D eigenvalue weighted by molar-refractivity contribution is 7.91. The molecule has 1 saturated heterocycles. The molecule has 20 heavy (non-hydrogen) atoms. The van der Waals surface area contributed by atoms with Gasteiger partial charge < -0.3 is 10.1 Å². The SMILES string of the molecule is O=c1[nH]c2c(O)cccc2n1CC1CCS(=O)(=O)CC1. The fourth-order valence-electron chi connectivity index (χ4n) is 2.73. The molecular weight excluding hydrogens is 280 g/mol. The molecule has 0 unspecified atom stereocenters. The summed E-state index contributed by atoms with van der Waals surface area (Å²) >= 11 is 0. The van der Waals surface area contributed by atoms with Crippen LogP contribution in [-0.4, -0.2) is 34.6 Å². The summed E-state index contributed by atoms with van der Waals surface area (Å²) in [7, 11) is -2.89. The van der Waals surface area contributed by atoms with Crippen molar-refractivity contribution in [1.82, 2.24) is 9.55 Å². The average molecular weight is 296 g/mol. The molecule has 2 heterocycles. The summed E-state index contributed by atoms with van der Waals surface area (Å²) < 4.78 is 24.4. The van der Waals surface area contributed by atoms with Crippen molar-refractivity contribution in [1.29, 1.82) is 0 Å². The number of benzene rings is 1. The van der Waals surface area contributed by atoms with Crippen molar-refractivity contribution < 1.29 is 13.5 Å². The van der Waals surface area contributed by atoms with Gasteiger partial charge in [-0.2, -0.15) is 0 Å². The van der Waals surface area contributed by atoms with Crippen molar-refractivity contribution in [3.63, 3.8) is 0 Å². The lowest BCUT2D eigenvalue weighted by Gasteiger charge is -2.22. The van der Waals surface area contributed by atoms with E-state index in [1.54, 1.807) is 16.7 Å². The number of phenolic OH excluding ortho intramolecular Hbond substituents is 1. The van der Waals surface area contributed by atoms with Crippen LogP contribution >= 0.6 is 0 Å². The number of aromatic nitrogens is 2. The molecule has 0 atom stereocenters. The third-order valence-corrected chi connectivity index (χ3v) is 5.62. The fourth-order valence-corrected chi connectivity index (χ4v) is 4.32. The first-order chi connectivity index (χ1) is 9.46. The molecule has 2 N–H and O–H groups in total. The first-order valence-corrected chi connectivity index (χ1v) is 8.39. The maximum absolute atomic E-state index is 12.0. The van der Waals surface area contributed by atoms with Crippen LogP contribution < -0.4 is 5.69 Å². The quantitative estimate of drug-likeness (QED) is 0.859. The van der Waals surface area contributed by atoms with E-state index < -0.39 is 9.84 Å². The molecule has 1 aromatic carbocycles. The number of sulfone groups is 1. The van der Waals surface area contributed by atoms with E-state index in [0.717, 1.165) is 0 Å². The second-order valence-corrected chi connectivity index (χ2v) is 7.61. The van der Waals surface area contributed by atoms with Crippen LogP contribution in [0.4, 0.5) is 0 Å². The minimum absolute atomic E-state index is 0.0459. The number of para-hydroxylation sites is 1. The Kier molecular flexibility index (Phi) is 3.08. The van der Waals surface area contributed by atoms with Crippen molar-refractivity contribution in [2.75, 3.05) is 11.5 Å². The van der Waals surface area contributed by atoms with Crippen molar-refractivity contribution in [3.05, 3.63) is 28.7 Å². The molecule has 1 aliphatic heterocycles. The third-order valence-electron chi connectivity index (χ3n) is 3.90. The summed E-state index contributed by atoms with van der Waals surface area (Å²) in [6.07, 6.45) is 1.17. The molecule has 0 amide bonds. The molecule has 3 rings (SSSR count). The lowest BCUT2D eigenvalue weighted by molar-refractivity contribution is 0.404. The molecular formula is C13H16N2O4S. The molecule has 7 heteroatoms. The Hall–Kier alpha value is -1.76. The summed E-state index contributed by atoms with van der Waals surface area (Å²) in [4.78, 5) is 14.6. The molecule has 108 valence electrons. The summed E-state index contributed by atoms with van der Waals surface area (Å²) in [6.45, 7) is 0.484. The first kappa shape index (κ1) is 13.2. The summed E-state index contributed by atoms with van der Waals surface area (Å²) in [5.41, 5.74) is 0.819. The first-order valence-electron chi connectivity index (χ1n) is 6.57. The Bertz CT molecular complexity index is 789. The Morgan fingerprint density at radius 3 is 2.70 bits per heavy atom. The molecule has 0 bridgehead atoms. The smallest absolute Gasteiger partial charge is 0.326 e. The number of H-pyrrole nitrogens is 1. The van der Waals surface area contributed by atoms with Crippen molar-refractivity contribution >= 4 is 20.9 Å². The van der Waals surface area contributed by atoms with Gasteiger partial charge in [0.15, 0.2) is 0 Å². The van der Waals surface area contributed by atoms with Crippen LogP contribution in [0.25, 0.3) is 11.0 Å². The summed E-state index contributed by atoms with van der Waals surface area (Å²) in [5, 5.41) is 9.72. The summed E-state index contributed by atoms with van der Waals surface area (Å²) in [6, 6.07) is 4.98. The zero-order valence-electron chi connectivity index (χ0n) is 10.9. The van der Waals surface area contributed by atoms with Gasteiger partial charge in [0.2, 0.25) is 0 Å². The lowest BCUT2D eigenvalue weighted by Crippen LogP contribution is -2.29. The second-order valence-electron chi connectivity index (χ2n) is 5.31. The zero-order valence-corrected chi connectivity index (χ0v) is 11.7. The van der Waals surface area contributed by atoms with E-state index in [9.17, 15) is 18.3 Å². The molecule has 1 fully saturated rings. The van der Waals surface area contributed by atoms with Crippen LogP contribution in [-0.2, 0) is 16.4 Å². The van der Waals surface area contributed by atoms with Gasteiger partial charge >= 0.3 is 5.69 Å². The lowest BCUT2D eigenvalue weighted by atomic mass is 10.0. The van der Waals surface area contributed by atoms with Gasteiger partial charge in [0.25, 0.3) is 0 Å². The largest absolute Gasteiger partial charge is 0.506 e. The van der Waals surface area contributed by atoms with E-state index in [1.807, 2.05) is 0 Å². The van der Waals surface area contributed by atoms with Gasteiger partial charge in [-0.15, -0.1) is 0 Å². The van der Waals surface area contributed by atoms with Gasteiger partial charge in [0, 0.05) is 6.54 Å². The Morgan fingerprint density at radius 2 is 2.00 bits per heavy atom. The van der Waals surface area contributed by atoms with E-state index >= 15 is 0 Å². The third kappa shape index (κ3) is 2.33. The predicted octanol–water partition coefficient (Wildman–Crippen LogP) is 0.860. The van der Waals surface area contributed by atoms with E-state index in [4.69, 9.17) is 0 Å². The van der Waals surface area contributed by atoms with Crippen LogP contribution in [0.3, 0.4) is 0 Å². The molecule has 0 saturated carbocycles. The molecule has 0 spiro atoms. The zero-order chi connectivity index (χ0) is 14.3. The van der Waals surface area contributed by atoms with Gasteiger partial charge in [-0.05, 0) is 30.9 Å². The molecule has 0 radical (unpaired) electrons. The topological polar surface area (TPSA) is 92.2 Å². The van der Waals surface area contributed by atoms with Crippen LogP contribution in [0.15, 0.2) is 23.0 Å². The number of phenols is 1. The number of hydrogen-bond acceptors (Lipinski definition) is 4. The van der Waals surface area contributed by atoms with E-state index in [0.29, 0.717) is 30.4 Å². The molecule has 1 aliphatic rings. The number of nitrogens with one attached hydrogen (secondary N) is 1. The van der Waals surface area contributed by atoms with Gasteiger partial charge in [0.05, 0.1) is 17.0 Å². The van der Waals surface area contributed by atoms with Crippen molar-refractivity contribution in [3.8, 4) is 5.75 Å². The normalized spacial score (nSPS) is 19.4. The maximum Gasteiger partial charge on any atom is 0.326 e. The number of aromatic amines is 1. The van der Waals surface area contributed by atoms with Crippen molar-refractivity contribution in [2.45, 2.75) is 19.4 Å². The maximum atomic E-state index is 12.0. The van der Waals surface area contributed by atoms with Gasteiger partial charge in [-0.1, -0.05) is 6.07 Å². The highest BCUT2D eigenvalue weighted by atomic mass is 32.2. The Labute approximate surface area is 116 Å². The van der Waals surface area contributed by atoms with E-state index in [1.165, 1.54) is 6.07 Å². The van der Waals surface area contributed by atoms with Gasteiger partial charge in [-0.3, -0.25) is 4.57 Å². The molecule has 2 aromatic rings. The second kappa shape index (κ2) is 4.66. The summed E-state index contributed by atoms with van der Waals surface area (Å²) in [5.74, 6) is 0.613. The Morgan fingerprint density at radius 1 is 1.30 bits per heavy atom. The van der Waals surface area contributed by atoms with Crippen LogP contribution in [0.5, 0.6) is 5.75 Å². The number of imidazole rings is 1. The van der Waals surface area contributed by atoms with E-state index in [-0.39, 0.29) is 28.9 Å². The minimum atomic E-state index is -2.89. The predicted molar refractivity (Wildman–Crippen MR) is 75.6 cm³/mol. The minimum Gasteiger partial charge on any atom is -0.506 e. The fraction of sp³-hybridized carbons (Fsp3) is 0.462.